The summed E-state index contributed by atoms with van der Waals surface area (Å²) in [6, 6.07) is 10.3. The number of fused-ring (bicyclic) bond motifs is 1. The zero-order chi connectivity index (χ0) is 22.2. The van der Waals surface area contributed by atoms with E-state index in [4.69, 9.17) is 9.47 Å². The average molecular weight is 533 g/mol. The molecule has 0 spiro atoms. The molecule has 3 heterocycles. The van der Waals surface area contributed by atoms with Gasteiger partial charge in [-0.25, -0.2) is 9.78 Å². The van der Waals surface area contributed by atoms with Gasteiger partial charge in [0.05, 0.1) is 22.9 Å². The lowest BCUT2D eigenvalue weighted by molar-refractivity contribution is 0.0126. The molecule has 1 aliphatic heterocycles. The zero-order valence-corrected chi connectivity index (χ0v) is 20.5. The summed E-state index contributed by atoms with van der Waals surface area (Å²) in [5.74, 6) is 0.844. The van der Waals surface area contributed by atoms with Gasteiger partial charge in [0.25, 0.3) is 0 Å². The second-order valence-electron chi connectivity index (χ2n) is 9.03. The van der Waals surface area contributed by atoms with Crippen LogP contribution < -0.4 is 4.74 Å². The Bertz CT molecular complexity index is 1100. The molecule has 1 saturated heterocycles. The Labute approximate surface area is 197 Å². The van der Waals surface area contributed by atoms with Gasteiger partial charge in [0.1, 0.15) is 23.1 Å². The first-order chi connectivity index (χ1) is 14.7. The Hall–Kier alpha value is -2.29. The van der Waals surface area contributed by atoms with E-state index >= 15 is 0 Å². The largest absolute Gasteiger partial charge is 0.490 e. The van der Waals surface area contributed by atoms with E-state index in [1.807, 2.05) is 41.9 Å². The number of benzene rings is 1. The molecule has 7 heteroatoms. The molecule has 1 aliphatic rings. The monoisotopic (exact) mass is 533 g/mol. The number of aryl methyl sites for hydroxylation is 1. The molecule has 0 unspecified atom stereocenters. The fourth-order valence-corrected chi connectivity index (χ4v) is 4.60. The summed E-state index contributed by atoms with van der Waals surface area (Å²) >= 11 is 2.25. The van der Waals surface area contributed by atoms with E-state index in [-0.39, 0.29) is 12.2 Å². The third kappa shape index (κ3) is 5.14. The van der Waals surface area contributed by atoms with E-state index in [2.05, 4.69) is 59.2 Å². The van der Waals surface area contributed by atoms with Gasteiger partial charge in [0.2, 0.25) is 0 Å². The van der Waals surface area contributed by atoms with Gasteiger partial charge in [-0.05, 0) is 57.0 Å². The van der Waals surface area contributed by atoms with E-state index < -0.39 is 5.60 Å². The van der Waals surface area contributed by atoms with Crippen molar-refractivity contribution in [2.24, 2.45) is 0 Å². The molecule has 0 aliphatic carbocycles. The standard InChI is InChI=1S/C24H28IN3O3/c1-16-15-28(25)22-21(16)13-18(14-26-22)17-6-5-7-20(12-17)30-19-8-10-27(11-9-19)23(29)31-24(2,3)4/h5-7,12-15,19H,8-11H2,1-4H3. The Morgan fingerprint density at radius 1 is 1.16 bits per heavy atom. The number of hydrogen-bond acceptors (Lipinski definition) is 4. The van der Waals surface area contributed by atoms with E-state index in [0.29, 0.717) is 13.1 Å². The smallest absolute Gasteiger partial charge is 0.410 e. The molecule has 0 saturated carbocycles. The highest BCUT2D eigenvalue weighted by molar-refractivity contribution is 14.1. The first-order valence-corrected chi connectivity index (χ1v) is 11.5. The summed E-state index contributed by atoms with van der Waals surface area (Å²) in [6.45, 7) is 9.06. The lowest BCUT2D eigenvalue weighted by atomic mass is 10.1. The van der Waals surface area contributed by atoms with Crippen molar-refractivity contribution in [1.29, 1.82) is 0 Å². The van der Waals surface area contributed by atoms with Gasteiger partial charge in [-0.3, -0.25) is 2.78 Å². The second-order valence-corrected chi connectivity index (χ2v) is 10.1. The number of carbonyl (C=O) groups is 1. The topological polar surface area (TPSA) is 56.6 Å². The van der Waals surface area contributed by atoms with Crippen LogP contribution in [0.15, 0.2) is 42.7 Å². The third-order valence-electron chi connectivity index (χ3n) is 5.36. The van der Waals surface area contributed by atoms with Crippen LogP contribution in [0.1, 0.15) is 39.2 Å². The Kier molecular flexibility index (Phi) is 6.14. The van der Waals surface area contributed by atoms with Crippen molar-refractivity contribution in [2.75, 3.05) is 13.1 Å². The minimum Gasteiger partial charge on any atom is -0.490 e. The molecule has 0 N–H and O–H groups in total. The van der Waals surface area contributed by atoms with Crippen LogP contribution in [0.4, 0.5) is 4.79 Å². The highest BCUT2D eigenvalue weighted by Crippen LogP contribution is 2.30. The number of ether oxygens (including phenoxy) is 2. The Balaban J connectivity index is 1.42. The maximum atomic E-state index is 12.3. The molecule has 2 aromatic heterocycles. The summed E-state index contributed by atoms with van der Waals surface area (Å²) in [6.07, 6.45) is 5.43. The van der Waals surface area contributed by atoms with Crippen molar-refractivity contribution in [3.8, 4) is 16.9 Å². The number of carbonyl (C=O) groups excluding carboxylic acids is 1. The predicted molar refractivity (Wildman–Crippen MR) is 131 cm³/mol. The summed E-state index contributed by atoms with van der Waals surface area (Å²) in [4.78, 5) is 18.7. The van der Waals surface area contributed by atoms with Gasteiger partial charge in [0, 0.05) is 49.3 Å². The van der Waals surface area contributed by atoms with E-state index in [9.17, 15) is 4.79 Å². The number of likely N-dealkylation sites (tertiary alicyclic amines) is 1. The second kappa shape index (κ2) is 8.68. The van der Waals surface area contributed by atoms with Crippen LogP contribution in [0.5, 0.6) is 5.75 Å². The zero-order valence-electron chi connectivity index (χ0n) is 18.4. The number of hydrogen-bond donors (Lipinski definition) is 0. The first kappa shape index (κ1) is 21.9. The Morgan fingerprint density at radius 2 is 1.90 bits per heavy atom. The van der Waals surface area contributed by atoms with Gasteiger partial charge in [0.15, 0.2) is 0 Å². The van der Waals surface area contributed by atoms with Crippen molar-refractivity contribution in [2.45, 2.75) is 52.2 Å². The number of piperidine rings is 1. The minimum absolute atomic E-state index is 0.0878. The van der Waals surface area contributed by atoms with Crippen LogP contribution in [0.3, 0.4) is 0 Å². The minimum atomic E-state index is -0.472. The highest BCUT2D eigenvalue weighted by atomic mass is 127. The first-order valence-electron chi connectivity index (χ1n) is 10.6. The van der Waals surface area contributed by atoms with Crippen molar-refractivity contribution in [3.05, 3.63) is 48.3 Å². The molecular formula is C24H28IN3O3. The molecule has 0 atom stereocenters. The maximum absolute atomic E-state index is 12.3. The number of pyridine rings is 1. The predicted octanol–water partition coefficient (Wildman–Crippen LogP) is 5.99. The number of aromatic nitrogens is 2. The summed E-state index contributed by atoms with van der Waals surface area (Å²) in [5, 5.41) is 1.16. The van der Waals surface area contributed by atoms with Crippen LogP contribution in [-0.2, 0) is 4.74 Å². The fourth-order valence-electron chi connectivity index (χ4n) is 3.80. The Morgan fingerprint density at radius 3 is 2.61 bits per heavy atom. The molecule has 4 rings (SSSR count). The molecule has 3 aromatic rings. The molecular weight excluding hydrogens is 505 g/mol. The number of amides is 1. The van der Waals surface area contributed by atoms with Gasteiger partial charge in [-0.1, -0.05) is 12.1 Å². The van der Waals surface area contributed by atoms with Crippen LogP contribution in [-0.4, -0.2) is 43.6 Å². The third-order valence-corrected chi connectivity index (χ3v) is 6.10. The summed E-state index contributed by atoms with van der Waals surface area (Å²) < 4.78 is 13.8. The van der Waals surface area contributed by atoms with Gasteiger partial charge in [-0.2, -0.15) is 0 Å². The number of halogens is 1. The van der Waals surface area contributed by atoms with Gasteiger partial charge >= 0.3 is 6.09 Å². The molecule has 6 nitrogen and oxygen atoms in total. The summed E-state index contributed by atoms with van der Waals surface area (Å²) in [5.41, 5.74) is 3.87. The molecule has 1 amide bonds. The van der Waals surface area contributed by atoms with Crippen LogP contribution in [0.2, 0.25) is 0 Å². The number of nitrogens with zero attached hydrogens (tertiary/aromatic N) is 3. The van der Waals surface area contributed by atoms with Crippen LogP contribution >= 0.6 is 22.9 Å². The molecule has 1 aromatic carbocycles. The fraction of sp³-hybridized carbons (Fsp3) is 0.417. The molecule has 0 radical (unpaired) electrons. The van der Waals surface area contributed by atoms with Crippen molar-refractivity contribution in [3.63, 3.8) is 0 Å². The van der Waals surface area contributed by atoms with Crippen molar-refractivity contribution >= 4 is 40.0 Å². The molecule has 0 bridgehead atoms. The lowest BCUT2D eigenvalue weighted by Crippen LogP contribution is -2.44. The van der Waals surface area contributed by atoms with Crippen molar-refractivity contribution in [1.82, 2.24) is 12.7 Å². The summed E-state index contributed by atoms with van der Waals surface area (Å²) in [7, 11) is 0. The normalized spacial score (nSPS) is 15.3. The number of rotatable bonds is 3. The molecule has 31 heavy (non-hydrogen) atoms. The van der Waals surface area contributed by atoms with Gasteiger partial charge < -0.3 is 14.4 Å². The van der Waals surface area contributed by atoms with Crippen LogP contribution in [0.25, 0.3) is 22.2 Å². The average Bonchev–Trinajstić information content (AvgIpc) is 3.01. The van der Waals surface area contributed by atoms with Crippen molar-refractivity contribution < 1.29 is 14.3 Å². The maximum Gasteiger partial charge on any atom is 0.410 e. The highest BCUT2D eigenvalue weighted by Gasteiger charge is 2.27. The quantitative estimate of drug-likeness (QED) is 0.389. The van der Waals surface area contributed by atoms with E-state index in [1.54, 1.807) is 4.90 Å². The molecule has 1 fully saturated rings. The van der Waals surface area contributed by atoms with E-state index in [1.165, 1.54) is 5.56 Å². The lowest BCUT2D eigenvalue weighted by Gasteiger charge is -2.33. The molecule has 164 valence electrons. The van der Waals surface area contributed by atoms with Gasteiger partial charge in [-0.15, -0.1) is 0 Å². The van der Waals surface area contributed by atoms with Crippen LogP contribution in [0, 0.1) is 6.92 Å². The van der Waals surface area contributed by atoms with E-state index in [0.717, 1.165) is 40.8 Å². The SMILES string of the molecule is Cc1cn(I)c2ncc(-c3cccc(OC4CCN(C(=O)OC(C)(C)C)CC4)c3)cc12.